The van der Waals surface area contributed by atoms with E-state index in [4.69, 9.17) is 5.73 Å². The van der Waals surface area contributed by atoms with E-state index >= 15 is 0 Å². The van der Waals surface area contributed by atoms with Crippen molar-refractivity contribution >= 4 is 11.9 Å². The molecule has 0 fully saturated rings. The first-order chi connectivity index (χ1) is 8.02. The largest absolute Gasteiger partial charge is 0.368 e. The Labute approximate surface area is 94.1 Å². The van der Waals surface area contributed by atoms with Gasteiger partial charge in [0.05, 0.1) is 5.69 Å². The molecule has 1 aromatic heterocycles. The lowest BCUT2D eigenvalue weighted by Gasteiger charge is -2.03. The molecule has 5 nitrogen and oxygen atoms in total. The van der Waals surface area contributed by atoms with Gasteiger partial charge in [-0.15, -0.1) is 5.10 Å². The van der Waals surface area contributed by atoms with E-state index < -0.39 is 17.5 Å². The minimum absolute atomic E-state index is 0.0482. The number of nitrogens with two attached hydrogens (primary N) is 1. The van der Waals surface area contributed by atoms with Crippen molar-refractivity contribution in [2.45, 2.75) is 0 Å². The maximum atomic E-state index is 13.0. The summed E-state index contributed by atoms with van der Waals surface area (Å²) in [6, 6.07) is 1.56. The topological polar surface area (TPSA) is 68.8 Å². The Balaban J connectivity index is 2.56. The Hall–Kier alpha value is -2.25. The van der Waals surface area contributed by atoms with Crippen molar-refractivity contribution in [1.82, 2.24) is 14.8 Å². The molecule has 0 aliphatic heterocycles. The van der Waals surface area contributed by atoms with Crippen LogP contribution >= 0.6 is 0 Å². The van der Waals surface area contributed by atoms with Crippen LogP contribution in [-0.4, -0.2) is 21.8 Å². The van der Waals surface area contributed by atoms with Crippen molar-refractivity contribution in [1.29, 1.82) is 0 Å². The van der Waals surface area contributed by atoms with Gasteiger partial charge in [0.2, 0.25) is 11.9 Å². The number of benzene rings is 1. The summed E-state index contributed by atoms with van der Waals surface area (Å²) in [5.41, 5.74) is 5.45. The fourth-order valence-electron chi connectivity index (χ4n) is 1.28. The standard InChI is InChI=1S/C9H8F3N5/c1-14-9-15-8(13)17(16-9)4-2-5(10)7(12)6(11)3-4/h2-3H,1H3,(H3,13,14,15,16). The van der Waals surface area contributed by atoms with Gasteiger partial charge in [0.25, 0.3) is 0 Å². The van der Waals surface area contributed by atoms with Gasteiger partial charge in [0.1, 0.15) is 0 Å². The van der Waals surface area contributed by atoms with Crippen LogP contribution in [0.4, 0.5) is 25.1 Å². The minimum Gasteiger partial charge on any atom is -0.368 e. The number of hydrogen-bond donors (Lipinski definition) is 2. The third kappa shape index (κ3) is 1.88. The molecule has 17 heavy (non-hydrogen) atoms. The lowest BCUT2D eigenvalue weighted by molar-refractivity contribution is 0.446. The van der Waals surface area contributed by atoms with Crippen molar-refractivity contribution in [3.05, 3.63) is 29.6 Å². The van der Waals surface area contributed by atoms with Crippen LogP contribution in [0, 0.1) is 17.5 Å². The zero-order valence-corrected chi connectivity index (χ0v) is 8.71. The monoisotopic (exact) mass is 243 g/mol. The maximum Gasteiger partial charge on any atom is 0.244 e. The number of anilines is 2. The van der Waals surface area contributed by atoms with Crippen molar-refractivity contribution in [3.8, 4) is 5.69 Å². The van der Waals surface area contributed by atoms with E-state index in [1.54, 1.807) is 7.05 Å². The molecular formula is C9H8F3N5. The molecule has 0 atom stereocenters. The van der Waals surface area contributed by atoms with Crippen LogP contribution in [0.3, 0.4) is 0 Å². The summed E-state index contributed by atoms with van der Waals surface area (Å²) >= 11 is 0. The second-order valence-corrected chi connectivity index (χ2v) is 3.18. The van der Waals surface area contributed by atoms with Crippen molar-refractivity contribution < 1.29 is 13.2 Å². The quantitative estimate of drug-likeness (QED) is 0.780. The summed E-state index contributed by atoms with van der Waals surface area (Å²) in [4.78, 5) is 3.77. The number of hydrogen-bond acceptors (Lipinski definition) is 4. The smallest absolute Gasteiger partial charge is 0.244 e. The summed E-state index contributed by atoms with van der Waals surface area (Å²) < 4.78 is 39.8. The van der Waals surface area contributed by atoms with E-state index in [2.05, 4.69) is 15.4 Å². The summed E-state index contributed by atoms with van der Waals surface area (Å²) in [7, 11) is 1.56. The van der Waals surface area contributed by atoms with Crippen LogP contribution in [-0.2, 0) is 0 Å². The van der Waals surface area contributed by atoms with Gasteiger partial charge in [0, 0.05) is 19.2 Å². The lowest BCUT2D eigenvalue weighted by Crippen LogP contribution is -2.05. The van der Waals surface area contributed by atoms with Crippen LogP contribution < -0.4 is 11.1 Å². The third-order valence-corrected chi connectivity index (χ3v) is 2.07. The average Bonchev–Trinajstić information content (AvgIpc) is 2.67. The highest BCUT2D eigenvalue weighted by atomic mass is 19.2. The van der Waals surface area contributed by atoms with Gasteiger partial charge >= 0.3 is 0 Å². The third-order valence-electron chi connectivity index (χ3n) is 2.07. The average molecular weight is 243 g/mol. The van der Waals surface area contributed by atoms with Crippen molar-refractivity contribution in [3.63, 3.8) is 0 Å². The molecule has 0 saturated heterocycles. The Kier molecular flexibility index (Phi) is 2.62. The first-order valence-corrected chi connectivity index (χ1v) is 4.58. The van der Waals surface area contributed by atoms with E-state index in [1.807, 2.05) is 0 Å². The normalized spacial score (nSPS) is 10.6. The number of aromatic nitrogens is 3. The fraction of sp³-hybridized carbons (Fsp3) is 0.111. The summed E-state index contributed by atoms with van der Waals surface area (Å²) in [6.45, 7) is 0. The second kappa shape index (κ2) is 3.96. The molecule has 90 valence electrons. The van der Waals surface area contributed by atoms with Crippen LogP contribution in [0.1, 0.15) is 0 Å². The fourth-order valence-corrected chi connectivity index (χ4v) is 1.28. The van der Waals surface area contributed by atoms with Crippen LogP contribution in [0.5, 0.6) is 0 Å². The molecule has 0 bridgehead atoms. The summed E-state index contributed by atoms with van der Waals surface area (Å²) in [6.07, 6.45) is 0. The van der Waals surface area contributed by atoms with E-state index in [-0.39, 0.29) is 17.6 Å². The molecule has 3 N–H and O–H groups in total. The van der Waals surface area contributed by atoms with E-state index in [9.17, 15) is 13.2 Å². The maximum absolute atomic E-state index is 13.0. The number of nitrogens with one attached hydrogen (secondary N) is 1. The van der Waals surface area contributed by atoms with Crippen LogP contribution in [0.15, 0.2) is 12.1 Å². The Bertz CT molecular complexity index is 543. The Morgan fingerprint density at radius 1 is 1.24 bits per heavy atom. The molecule has 0 aliphatic rings. The highest BCUT2D eigenvalue weighted by Crippen LogP contribution is 2.19. The van der Waals surface area contributed by atoms with Gasteiger partial charge in [-0.3, -0.25) is 0 Å². The van der Waals surface area contributed by atoms with E-state index in [1.165, 1.54) is 0 Å². The summed E-state index contributed by atoms with van der Waals surface area (Å²) in [5.74, 6) is -4.06. The number of nitrogens with zero attached hydrogens (tertiary/aromatic N) is 3. The van der Waals surface area contributed by atoms with Gasteiger partial charge in [0.15, 0.2) is 17.5 Å². The molecule has 8 heteroatoms. The molecule has 0 unspecified atom stereocenters. The molecule has 1 heterocycles. The predicted molar refractivity (Wildman–Crippen MR) is 55.2 cm³/mol. The molecule has 1 aromatic carbocycles. The van der Waals surface area contributed by atoms with Crippen molar-refractivity contribution in [2.75, 3.05) is 18.1 Å². The van der Waals surface area contributed by atoms with E-state index in [0.717, 1.165) is 16.8 Å². The first-order valence-electron chi connectivity index (χ1n) is 4.58. The van der Waals surface area contributed by atoms with Gasteiger partial charge < -0.3 is 11.1 Å². The van der Waals surface area contributed by atoms with Gasteiger partial charge in [-0.1, -0.05) is 0 Å². The number of rotatable bonds is 2. The Morgan fingerprint density at radius 3 is 2.29 bits per heavy atom. The van der Waals surface area contributed by atoms with Crippen molar-refractivity contribution in [2.24, 2.45) is 0 Å². The molecule has 0 aliphatic carbocycles. The predicted octanol–water partition coefficient (Wildman–Crippen LogP) is 1.31. The van der Waals surface area contributed by atoms with Gasteiger partial charge in [-0.2, -0.15) is 9.67 Å². The zero-order valence-electron chi connectivity index (χ0n) is 8.71. The molecule has 2 rings (SSSR count). The van der Waals surface area contributed by atoms with Gasteiger partial charge in [-0.25, -0.2) is 13.2 Å². The molecule has 0 saturated carbocycles. The van der Waals surface area contributed by atoms with Gasteiger partial charge in [-0.05, 0) is 0 Å². The second-order valence-electron chi connectivity index (χ2n) is 3.18. The molecule has 0 spiro atoms. The number of halogens is 3. The first kappa shape index (κ1) is 11.2. The van der Waals surface area contributed by atoms with Crippen LogP contribution in [0.2, 0.25) is 0 Å². The molecule has 0 radical (unpaired) electrons. The highest BCUT2D eigenvalue weighted by Gasteiger charge is 2.14. The SMILES string of the molecule is CNc1nc(N)n(-c2cc(F)c(F)c(F)c2)n1. The molecular weight excluding hydrogens is 235 g/mol. The Morgan fingerprint density at radius 2 is 1.82 bits per heavy atom. The molecule has 0 amide bonds. The number of nitrogen functional groups attached to an aromatic ring is 1. The van der Waals surface area contributed by atoms with E-state index in [0.29, 0.717) is 0 Å². The minimum atomic E-state index is -1.54. The molecule has 2 aromatic rings. The highest BCUT2D eigenvalue weighted by molar-refractivity contribution is 5.42. The zero-order chi connectivity index (χ0) is 12.6. The van der Waals surface area contributed by atoms with Crippen LogP contribution in [0.25, 0.3) is 5.69 Å². The summed E-state index contributed by atoms with van der Waals surface area (Å²) in [5, 5.41) is 6.44. The lowest BCUT2D eigenvalue weighted by atomic mass is 10.3.